The lowest BCUT2D eigenvalue weighted by Crippen LogP contribution is -2.35. The number of carboxylic acids is 1. The van der Waals surface area contributed by atoms with Crippen LogP contribution in [0.5, 0.6) is 0 Å². The Morgan fingerprint density at radius 3 is 2.46 bits per heavy atom. The molecule has 2 fully saturated rings. The van der Waals surface area contributed by atoms with E-state index < -0.39 is 5.97 Å². The molecule has 2 aliphatic carbocycles. The molecule has 2 aromatic carbocycles. The van der Waals surface area contributed by atoms with Crippen molar-refractivity contribution >= 4 is 17.6 Å². The van der Waals surface area contributed by atoms with E-state index in [-0.39, 0.29) is 12.0 Å². The van der Waals surface area contributed by atoms with E-state index in [0.29, 0.717) is 34.8 Å². The summed E-state index contributed by atoms with van der Waals surface area (Å²) in [5.41, 5.74) is 4.30. The SMILES string of the molecule is COC(=O)c1ccc([C@@H]2Nc3ccc(C(=O)O)cc3[C@H]3[C@H]4CC[C@@H](C4)[C@@H]32)cc1. The van der Waals surface area contributed by atoms with Crippen LogP contribution >= 0.6 is 0 Å². The maximum absolute atomic E-state index is 11.8. The van der Waals surface area contributed by atoms with Crippen LogP contribution in [0, 0.1) is 17.8 Å². The summed E-state index contributed by atoms with van der Waals surface area (Å²) < 4.78 is 4.81. The fraction of sp³-hybridized carbons (Fsp3) is 0.391. The number of anilines is 1. The largest absolute Gasteiger partial charge is 0.478 e. The van der Waals surface area contributed by atoms with Gasteiger partial charge in [-0.05, 0) is 84.4 Å². The van der Waals surface area contributed by atoms with Gasteiger partial charge in [-0.1, -0.05) is 12.1 Å². The molecule has 5 heteroatoms. The van der Waals surface area contributed by atoms with Gasteiger partial charge in [-0.3, -0.25) is 0 Å². The molecule has 0 radical (unpaired) electrons. The van der Waals surface area contributed by atoms with Crippen LogP contribution in [0.25, 0.3) is 0 Å². The predicted molar refractivity (Wildman–Crippen MR) is 105 cm³/mol. The van der Waals surface area contributed by atoms with Gasteiger partial charge in [0.25, 0.3) is 0 Å². The van der Waals surface area contributed by atoms with E-state index in [1.165, 1.54) is 37.5 Å². The van der Waals surface area contributed by atoms with Crippen molar-refractivity contribution in [2.75, 3.05) is 12.4 Å². The third-order valence-electron chi connectivity index (χ3n) is 7.03. The predicted octanol–water partition coefficient (Wildman–Crippen LogP) is 4.47. The van der Waals surface area contributed by atoms with Crippen molar-refractivity contribution < 1.29 is 19.4 Å². The summed E-state index contributed by atoms with van der Waals surface area (Å²) >= 11 is 0. The number of esters is 1. The number of aromatic carboxylic acids is 1. The number of hydrogen-bond donors (Lipinski definition) is 2. The van der Waals surface area contributed by atoms with Crippen LogP contribution < -0.4 is 5.32 Å². The smallest absolute Gasteiger partial charge is 0.337 e. The minimum atomic E-state index is -0.872. The zero-order chi connectivity index (χ0) is 19.4. The van der Waals surface area contributed by atoms with Gasteiger partial charge in [0.15, 0.2) is 0 Å². The molecule has 0 unspecified atom stereocenters. The van der Waals surface area contributed by atoms with Crippen molar-refractivity contribution in [3.05, 3.63) is 64.7 Å². The third kappa shape index (κ3) is 2.53. The molecule has 0 aromatic heterocycles. The van der Waals surface area contributed by atoms with Crippen LogP contribution in [0.15, 0.2) is 42.5 Å². The van der Waals surface area contributed by atoms with Gasteiger partial charge in [0, 0.05) is 5.69 Å². The van der Waals surface area contributed by atoms with Gasteiger partial charge in [0.1, 0.15) is 0 Å². The summed E-state index contributed by atoms with van der Waals surface area (Å²) in [5, 5.41) is 13.1. The Morgan fingerprint density at radius 1 is 1.04 bits per heavy atom. The highest BCUT2D eigenvalue weighted by atomic mass is 16.5. The maximum atomic E-state index is 11.8. The molecule has 2 N–H and O–H groups in total. The van der Waals surface area contributed by atoms with Crippen molar-refractivity contribution in [2.45, 2.75) is 31.2 Å². The van der Waals surface area contributed by atoms with E-state index in [1.54, 1.807) is 6.07 Å². The minimum absolute atomic E-state index is 0.176. The molecule has 144 valence electrons. The van der Waals surface area contributed by atoms with Crippen LogP contribution in [0.4, 0.5) is 5.69 Å². The first kappa shape index (κ1) is 17.3. The van der Waals surface area contributed by atoms with Gasteiger partial charge < -0.3 is 15.2 Å². The highest BCUT2D eigenvalue weighted by molar-refractivity contribution is 5.89. The fourth-order valence-corrected chi connectivity index (χ4v) is 5.89. The molecule has 2 aromatic rings. The normalized spacial score (nSPS) is 29.5. The first-order chi connectivity index (χ1) is 13.6. The van der Waals surface area contributed by atoms with Crippen molar-refractivity contribution in [2.24, 2.45) is 17.8 Å². The monoisotopic (exact) mass is 377 g/mol. The Labute approximate surface area is 163 Å². The van der Waals surface area contributed by atoms with Gasteiger partial charge in [-0.25, -0.2) is 9.59 Å². The number of benzene rings is 2. The van der Waals surface area contributed by atoms with Crippen molar-refractivity contribution in [1.82, 2.24) is 0 Å². The number of fused-ring (bicyclic) bond motifs is 7. The average Bonchev–Trinajstić information content (AvgIpc) is 3.35. The maximum Gasteiger partial charge on any atom is 0.337 e. The number of nitrogens with one attached hydrogen (secondary N) is 1. The Bertz CT molecular complexity index is 952. The van der Waals surface area contributed by atoms with E-state index in [4.69, 9.17) is 4.74 Å². The molecule has 5 atom stereocenters. The lowest BCUT2D eigenvalue weighted by atomic mass is 9.68. The number of carbonyl (C=O) groups excluding carboxylic acids is 1. The second-order valence-corrected chi connectivity index (χ2v) is 8.28. The number of ether oxygens (including phenoxy) is 1. The number of carboxylic acid groups (broad SMARTS) is 1. The van der Waals surface area contributed by atoms with Gasteiger partial charge in [-0.15, -0.1) is 0 Å². The molecule has 1 aliphatic heterocycles. The van der Waals surface area contributed by atoms with Crippen LogP contribution in [0.2, 0.25) is 0 Å². The van der Waals surface area contributed by atoms with E-state index in [2.05, 4.69) is 5.32 Å². The molecule has 0 saturated heterocycles. The van der Waals surface area contributed by atoms with Crippen LogP contribution in [0.1, 0.15) is 63.1 Å². The topological polar surface area (TPSA) is 75.6 Å². The highest BCUT2D eigenvalue weighted by Gasteiger charge is 2.53. The van der Waals surface area contributed by atoms with Crippen molar-refractivity contribution in [1.29, 1.82) is 0 Å². The first-order valence-electron chi connectivity index (χ1n) is 9.89. The lowest BCUT2D eigenvalue weighted by Gasteiger charge is -2.43. The van der Waals surface area contributed by atoms with Crippen LogP contribution in [0.3, 0.4) is 0 Å². The van der Waals surface area contributed by atoms with Crippen molar-refractivity contribution in [3.8, 4) is 0 Å². The Morgan fingerprint density at radius 2 is 1.75 bits per heavy atom. The van der Waals surface area contributed by atoms with E-state index in [9.17, 15) is 14.7 Å². The second-order valence-electron chi connectivity index (χ2n) is 8.28. The number of rotatable bonds is 3. The number of methoxy groups -OCH3 is 1. The molecule has 3 aliphatic rings. The fourth-order valence-electron chi connectivity index (χ4n) is 5.89. The summed E-state index contributed by atoms with van der Waals surface area (Å²) in [6.45, 7) is 0. The number of carbonyl (C=O) groups is 2. The summed E-state index contributed by atoms with van der Waals surface area (Å²) in [4.78, 5) is 23.2. The summed E-state index contributed by atoms with van der Waals surface area (Å²) in [7, 11) is 1.39. The molecule has 0 amide bonds. The number of hydrogen-bond acceptors (Lipinski definition) is 4. The van der Waals surface area contributed by atoms with Gasteiger partial charge >= 0.3 is 11.9 Å². The van der Waals surface area contributed by atoms with Gasteiger partial charge in [-0.2, -0.15) is 0 Å². The molecule has 0 spiro atoms. The first-order valence-corrected chi connectivity index (χ1v) is 9.89. The zero-order valence-corrected chi connectivity index (χ0v) is 15.7. The second kappa shape index (κ2) is 6.36. The summed E-state index contributed by atoms with van der Waals surface area (Å²) in [6.07, 6.45) is 3.71. The average molecular weight is 377 g/mol. The minimum Gasteiger partial charge on any atom is -0.478 e. The highest BCUT2D eigenvalue weighted by Crippen LogP contribution is 2.63. The zero-order valence-electron chi connectivity index (χ0n) is 15.7. The Balaban J connectivity index is 1.55. The lowest BCUT2D eigenvalue weighted by molar-refractivity contribution is 0.0599. The molecule has 5 nitrogen and oxygen atoms in total. The third-order valence-corrected chi connectivity index (χ3v) is 7.03. The molecule has 2 saturated carbocycles. The molecular weight excluding hydrogens is 354 g/mol. The summed E-state index contributed by atoms with van der Waals surface area (Å²) in [6, 6.07) is 13.3. The quantitative estimate of drug-likeness (QED) is 0.772. The van der Waals surface area contributed by atoms with Crippen LogP contribution in [-0.4, -0.2) is 24.2 Å². The van der Waals surface area contributed by atoms with E-state index in [1.807, 2.05) is 36.4 Å². The van der Waals surface area contributed by atoms with E-state index in [0.717, 1.165) is 5.69 Å². The molecule has 28 heavy (non-hydrogen) atoms. The summed E-state index contributed by atoms with van der Waals surface area (Å²) in [5.74, 6) is 0.959. The van der Waals surface area contributed by atoms with Crippen molar-refractivity contribution in [3.63, 3.8) is 0 Å². The van der Waals surface area contributed by atoms with Crippen LogP contribution in [-0.2, 0) is 4.74 Å². The Hall–Kier alpha value is -2.82. The standard InChI is InChI=1S/C23H23NO4/c1-28-23(27)13-4-2-12(3-5-13)21-20-15-7-6-14(10-15)19(20)17-11-16(22(25)26)8-9-18(17)24-21/h2-5,8-9,11,14-15,19-21,24H,6-7,10H2,1H3,(H,25,26)/t14-,15-,19+,20-,21-/m0/s1. The Kier molecular flexibility index (Phi) is 3.93. The molecule has 1 heterocycles. The molecule has 5 rings (SSSR count). The van der Waals surface area contributed by atoms with E-state index >= 15 is 0 Å². The molecular formula is C23H23NO4. The van der Waals surface area contributed by atoms with Gasteiger partial charge in [0.05, 0.1) is 24.3 Å². The van der Waals surface area contributed by atoms with Gasteiger partial charge in [0.2, 0.25) is 0 Å². The molecule has 2 bridgehead atoms.